The Hall–Kier alpha value is -2.38. The molecule has 30 heavy (non-hydrogen) atoms. The summed E-state index contributed by atoms with van der Waals surface area (Å²) in [6.45, 7) is 5.02. The van der Waals surface area contributed by atoms with Crippen LogP contribution in [0.1, 0.15) is 30.9 Å². The second-order valence-electron chi connectivity index (χ2n) is 7.12. The first-order valence-electron chi connectivity index (χ1n) is 9.61. The van der Waals surface area contributed by atoms with Gasteiger partial charge in [-0.25, -0.2) is 8.42 Å². The van der Waals surface area contributed by atoms with E-state index in [1.165, 1.54) is 12.1 Å². The molecule has 2 aromatic carbocycles. The van der Waals surface area contributed by atoms with Crippen molar-refractivity contribution in [1.29, 1.82) is 0 Å². The highest BCUT2D eigenvalue weighted by molar-refractivity contribution is 7.92. The van der Waals surface area contributed by atoms with Crippen LogP contribution in [0, 0.1) is 12.3 Å². The molecule has 1 aliphatic rings. The zero-order valence-corrected chi connectivity index (χ0v) is 18.5. The summed E-state index contributed by atoms with van der Waals surface area (Å²) in [5.41, 5.74) is -0.636. The van der Waals surface area contributed by atoms with E-state index in [1.807, 2.05) is 6.92 Å². The smallest absolute Gasteiger partial charge is 0.325 e. The molecule has 0 saturated heterocycles. The van der Waals surface area contributed by atoms with Crippen LogP contribution in [-0.4, -0.2) is 38.8 Å². The molecule has 0 unspecified atom stereocenters. The van der Waals surface area contributed by atoms with Gasteiger partial charge in [-0.3, -0.25) is 9.59 Å². The molecule has 0 heterocycles. The van der Waals surface area contributed by atoms with Crippen molar-refractivity contribution in [1.82, 2.24) is 0 Å². The first-order valence-corrected chi connectivity index (χ1v) is 11.5. The fraction of sp³-hybridized carbons (Fsp3) is 0.364. The maximum atomic E-state index is 13.6. The number of esters is 2. The third-order valence-electron chi connectivity index (χ3n) is 5.25. The Labute approximate surface area is 181 Å². The fourth-order valence-corrected chi connectivity index (χ4v) is 6.35. The van der Waals surface area contributed by atoms with Crippen LogP contribution >= 0.6 is 11.6 Å². The zero-order chi connectivity index (χ0) is 22.1. The van der Waals surface area contributed by atoms with Crippen LogP contribution in [0.5, 0.6) is 0 Å². The van der Waals surface area contributed by atoms with Crippen LogP contribution in [0.4, 0.5) is 0 Å². The number of rotatable bonds is 7. The molecule has 0 aromatic heterocycles. The summed E-state index contributed by atoms with van der Waals surface area (Å²) >= 11 is 6.11. The van der Waals surface area contributed by atoms with E-state index < -0.39 is 38.4 Å². The van der Waals surface area contributed by atoms with Gasteiger partial charge >= 0.3 is 11.9 Å². The lowest BCUT2D eigenvalue weighted by Gasteiger charge is -2.15. The van der Waals surface area contributed by atoms with Crippen LogP contribution in [0.15, 0.2) is 53.4 Å². The molecule has 0 N–H and O–H groups in total. The number of benzene rings is 2. The maximum absolute atomic E-state index is 13.6. The average molecular weight is 451 g/mol. The second kappa shape index (κ2) is 8.40. The van der Waals surface area contributed by atoms with E-state index in [9.17, 15) is 18.0 Å². The van der Waals surface area contributed by atoms with Gasteiger partial charge in [0.05, 0.1) is 18.1 Å². The zero-order valence-electron chi connectivity index (χ0n) is 16.9. The fourth-order valence-electron chi connectivity index (χ4n) is 3.86. The molecule has 2 atom stereocenters. The Morgan fingerprint density at radius 1 is 1.00 bits per heavy atom. The molecule has 0 spiro atoms. The summed E-state index contributed by atoms with van der Waals surface area (Å²) in [6, 6.07) is 12.8. The Morgan fingerprint density at radius 2 is 1.57 bits per heavy atom. The number of ether oxygens (including phenoxy) is 2. The Kier molecular flexibility index (Phi) is 6.24. The number of carbonyl (C=O) groups is 2. The van der Waals surface area contributed by atoms with E-state index in [-0.39, 0.29) is 18.1 Å². The van der Waals surface area contributed by atoms with E-state index in [0.29, 0.717) is 10.6 Å². The van der Waals surface area contributed by atoms with Gasteiger partial charge in [0.2, 0.25) is 0 Å². The van der Waals surface area contributed by atoms with Gasteiger partial charge in [-0.1, -0.05) is 41.4 Å². The Bertz CT molecular complexity index is 1040. The minimum atomic E-state index is -4.07. The summed E-state index contributed by atoms with van der Waals surface area (Å²) in [6.07, 6.45) is 0. The van der Waals surface area contributed by atoms with Crippen molar-refractivity contribution < 1.29 is 27.5 Å². The van der Waals surface area contributed by atoms with Gasteiger partial charge in [0.1, 0.15) is 5.25 Å². The number of aryl methyl sites for hydroxylation is 1. The molecule has 1 saturated carbocycles. The third kappa shape index (κ3) is 3.61. The van der Waals surface area contributed by atoms with E-state index in [0.717, 1.165) is 5.56 Å². The van der Waals surface area contributed by atoms with Gasteiger partial charge in [-0.05, 0) is 50.6 Å². The van der Waals surface area contributed by atoms with Crippen molar-refractivity contribution in [3.63, 3.8) is 0 Å². The number of sulfone groups is 1. The van der Waals surface area contributed by atoms with E-state index in [4.69, 9.17) is 21.1 Å². The second-order valence-corrected chi connectivity index (χ2v) is 9.63. The van der Waals surface area contributed by atoms with Crippen molar-refractivity contribution >= 4 is 33.4 Å². The molecule has 0 radical (unpaired) electrons. The summed E-state index contributed by atoms with van der Waals surface area (Å²) in [5, 5.41) is -0.989. The molecule has 1 fully saturated rings. The molecule has 0 aliphatic heterocycles. The maximum Gasteiger partial charge on any atom is 0.325 e. The largest absolute Gasteiger partial charge is 0.465 e. The van der Waals surface area contributed by atoms with Crippen LogP contribution < -0.4 is 0 Å². The molecule has 6 nitrogen and oxygen atoms in total. The molecule has 8 heteroatoms. The SMILES string of the molecule is CCOC(=O)C1(C(=O)OCC)[C@H](S(=O)(=O)c2ccc(C)cc2)[C@@H]1c1cccc(Cl)c1. The summed E-state index contributed by atoms with van der Waals surface area (Å²) < 4.78 is 37.4. The molecular weight excluding hydrogens is 428 g/mol. The molecule has 2 aromatic rings. The third-order valence-corrected chi connectivity index (χ3v) is 7.73. The van der Waals surface area contributed by atoms with E-state index >= 15 is 0 Å². The minimum absolute atomic E-state index is 0.000443. The number of carbonyl (C=O) groups excluding carboxylic acids is 2. The van der Waals surface area contributed by atoms with E-state index in [1.54, 1.807) is 50.2 Å². The standard InChI is InChI=1S/C22H23ClO6S/c1-4-28-20(24)22(21(25)29-5-2)18(15-7-6-8-16(23)13-15)19(22)30(26,27)17-11-9-14(3)10-12-17/h6-13,18-19H,4-5H2,1-3H3/t18-,19+/m0/s1. The lowest BCUT2D eigenvalue weighted by molar-refractivity contribution is -0.164. The molecule has 1 aliphatic carbocycles. The monoisotopic (exact) mass is 450 g/mol. The van der Waals surface area contributed by atoms with Crippen LogP contribution in [-0.2, 0) is 28.9 Å². The highest BCUT2D eigenvalue weighted by atomic mass is 35.5. The number of hydrogen-bond acceptors (Lipinski definition) is 6. The summed E-state index contributed by atoms with van der Waals surface area (Å²) in [4.78, 5) is 26.1. The van der Waals surface area contributed by atoms with Crippen LogP contribution in [0.2, 0.25) is 5.02 Å². The van der Waals surface area contributed by atoms with Gasteiger partial charge < -0.3 is 9.47 Å². The molecule has 0 amide bonds. The van der Waals surface area contributed by atoms with Crippen LogP contribution in [0.25, 0.3) is 0 Å². The van der Waals surface area contributed by atoms with Crippen molar-refractivity contribution in [2.24, 2.45) is 5.41 Å². The molecule has 0 bridgehead atoms. The van der Waals surface area contributed by atoms with Crippen molar-refractivity contribution in [2.75, 3.05) is 13.2 Å². The van der Waals surface area contributed by atoms with Gasteiger partial charge in [0.25, 0.3) is 0 Å². The van der Waals surface area contributed by atoms with Gasteiger partial charge in [0, 0.05) is 10.9 Å². The predicted octanol–water partition coefficient (Wildman–Crippen LogP) is 3.70. The van der Waals surface area contributed by atoms with Crippen molar-refractivity contribution in [2.45, 2.75) is 36.8 Å². The van der Waals surface area contributed by atoms with Crippen molar-refractivity contribution in [3.8, 4) is 0 Å². The summed E-state index contributed by atoms with van der Waals surface area (Å²) in [5.74, 6) is -2.79. The Morgan fingerprint density at radius 3 is 2.07 bits per heavy atom. The Balaban J connectivity index is 2.21. The van der Waals surface area contributed by atoms with Gasteiger partial charge in [-0.15, -0.1) is 0 Å². The van der Waals surface area contributed by atoms with Crippen LogP contribution in [0.3, 0.4) is 0 Å². The summed E-state index contributed by atoms with van der Waals surface area (Å²) in [7, 11) is -4.07. The van der Waals surface area contributed by atoms with E-state index in [2.05, 4.69) is 0 Å². The first-order chi connectivity index (χ1) is 14.2. The topological polar surface area (TPSA) is 86.7 Å². The normalized spacial score (nSPS) is 19.7. The number of hydrogen-bond donors (Lipinski definition) is 0. The first kappa shape index (κ1) is 22.3. The number of halogens is 1. The lowest BCUT2D eigenvalue weighted by atomic mass is 9.99. The highest BCUT2D eigenvalue weighted by Gasteiger charge is 2.81. The van der Waals surface area contributed by atoms with Gasteiger partial charge in [0.15, 0.2) is 15.3 Å². The minimum Gasteiger partial charge on any atom is -0.465 e. The average Bonchev–Trinajstić information content (AvgIpc) is 3.41. The van der Waals surface area contributed by atoms with Crippen molar-refractivity contribution in [3.05, 3.63) is 64.7 Å². The molecular formula is C22H23ClO6S. The van der Waals surface area contributed by atoms with Gasteiger partial charge in [-0.2, -0.15) is 0 Å². The predicted molar refractivity (Wildman–Crippen MR) is 112 cm³/mol. The highest BCUT2D eigenvalue weighted by Crippen LogP contribution is 2.65. The lowest BCUT2D eigenvalue weighted by Crippen LogP contribution is -2.35. The quantitative estimate of drug-likeness (QED) is 0.472. The molecule has 160 valence electrons. The molecule has 3 rings (SSSR count).